The molecule has 0 atom stereocenters. The van der Waals surface area contributed by atoms with Crippen LogP contribution in [0.3, 0.4) is 0 Å². The molecule has 4 rings (SSSR count). The minimum atomic E-state index is -0.340. The molecule has 0 N–H and O–H groups in total. The third-order valence-corrected chi connectivity index (χ3v) is 6.81. The number of aromatic nitrogens is 3. The Bertz CT molecular complexity index is 1050. The van der Waals surface area contributed by atoms with E-state index in [2.05, 4.69) is 59.8 Å². The monoisotopic (exact) mass is 437 g/mol. The second kappa shape index (κ2) is 8.95. The van der Waals surface area contributed by atoms with E-state index in [9.17, 15) is 9.18 Å². The van der Waals surface area contributed by atoms with Crippen LogP contribution in [0.15, 0.2) is 53.7 Å². The van der Waals surface area contributed by atoms with Crippen molar-refractivity contribution >= 4 is 17.5 Å². The molecular formula is C25H28FN3OS. The van der Waals surface area contributed by atoms with Crippen molar-refractivity contribution in [1.29, 1.82) is 0 Å². The number of nitrogens with zero attached hydrogens (tertiary/aromatic N) is 3. The number of thioether (sulfide) groups is 1. The third kappa shape index (κ3) is 4.90. The first-order valence-corrected chi connectivity index (χ1v) is 11.8. The van der Waals surface area contributed by atoms with E-state index < -0.39 is 0 Å². The number of halogens is 1. The fourth-order valence-electron chi connectivity index (χ4n) is 4.03. The molecule has 162 valence electrons. The summed E-state index contributed by atoms with van der Waals surface area (Å²) in [5.74, 6) is 0.734. The van der Waals surface area contributed by atoms with Crippen LogP contribution in [0.2, 0.25) is 0 Å². The molecule has 1 aliphatic carbocycles. The van der Waals surface area contributed by atoms with Gasteiger partial charge in [0.05, 0.1) is 5.75 Å². The van der Waals surface area contributed by atoms with Crippen molar-refractivity contribution in [2.24, 2.45) is 0 Å². The Morgan fingerprint density at radius 1 is 1.03 bits per heavy atom. The van der Waals surface area contributed by atoms with Crippen molar-refractivity contribution in [3.63, 3.8) is 0 Å². The average Bonchev–Trinajstić information content (AvgIpc) is 3.41. The van der Waals surface area contributed by atoms with Crippen LogP contribution < -0.4 is 0 Å². The minimum absolute atomic E-state index is 0.0398. The number of benzene rings is 2. The number of rotatable bonds is 6. The van der Waals surface area contributed by atoms with Gasteiger partial charge in [0.15, 0.2) is 16.8 Å². The fourth-order valence-corrected chi connectivity index (χ4v) is 4.93. The van der Waals surface area contributed by atoms with E-state index in [4.69, 9.17) is 0 Å². The molecule has 0 spiro atoms. The molecule has 4 nitrogen and oxygen atoms in total. The van der Waals surface area contributed by atoms with Gasteiger partial charge in [0.25, 0.3) is 0 Å². The van der Waals surface area contributed by atoms with Crippen LogP contribution in [0, 0.1) is 5.82 Å². The standard InChI is InChI=1S/C25H28FN3OS/c1-25(2,3)19-12-8-18(9-13-19)23-27-28-24(29(23)21-6-4-5-7-21)31-16-22(30)17-10-14-20(26)15-11-17/h8-15,21H,4-7,16H2,1-3H3. The lowest BCUT2D eigenvalue weighted by Crippen LogP contribution is -2.11. The minimum Gasteiger partial charge on any atom is -0.299 e. The van der Waals surface area contributed by atoms with Gasteiger partial charge in [-0.3, -0.25) is 9.36 Å². The highest BCUT2D eigenvalue weighted by Gasteiger charge is 2.25. The molecule has 1 aliphatic rings. The van der Waals surface area contributed by atoms with Crippen molar-refractivity contribution in [2.75, 3.05) is 5.75 Å². The van der Waals surface area contributed by atoms with Gasteiger partial charge in [0.2, 0.25) is 0 Å². The van der Waals surface area contributed by atoms with Gasteiger partial charge in [-0.2, -0.15) is 0 Å². The lowest BCUT2D eigenvalue weighted by atomic mass is 9.86. The van der Waals surface area contributed by atoms with Crippen molar-refractivity contribution in [3.8, 4) is 11.4 Å². The van der Waals surface area contributed by atoms with Crippen LogP contribution in [0.4, 0.5) is 4.39 Å². The molecule has 1 fully saturated rings. The maximum atomic E-state index is 13.1. The quantitative estimate of drug-likeness (QED) is 0.327. The number of hydrogen-bond acceptors (Lipinski definition) is 4. The summed E-state index contributed by atoms with van der Waals surface area (Å²) in [7, 11) is 0. The Balaban J connectivity index is 1.59. The van der Waals surface area contributed by atoms with Gasteiger partial charge in [-0.15, -0.1) is 10.2 Å². The van der Waals surface area contributed by atoms with Gasteiger partial charge in [-0.05, 0) is 48.1 Å². The summed E-state index contributed by atoms with van der Waals surface area (Å²) >= 11 is 1.41. The van der Waals surface area contributed by atoms with Crippen LogP contribution in [0.25, 0.3) is 11.4 Å². The summed E-state index contributed by atoms with van der Waals surface area (Å²) in [6.07, 6.45) is 4.60. The predicted molar refractivity (Wildman–Crippen MR) is 123 cm³/mol. The molecular weight excluding hydrogens is 409 g/mol. The molecule has 2 aromatic carbocycles. The lowest BCUT2D eigenvalue weighted by Gasteiger charge is -2.20. The Labute approximate surface area is 187 Å². The maximum Gasteiger partial charge on any atom is 0.192 e. The molecule has 0 bridgehead atoms. The van der Waals surface area contributed by atoms with E-state index in [1.54, 1.807) is 0 Å². The van der Waals surface area contributed by atoms with Crippen LogP contribution in [-0.2, 0) is 5.41 Å². The normalized spacial score (nSPS) is 14.8. The molecule has 0 aliphatic heterocycles. The second-order valence-electron chi connectivity index (χ2n) is 9.16. The number of hydrogen-bond donors (Lipinski definition) is 0. The summed E-state index contributed by atoms with van der Waals surface area (Å²) in [4.78, 5) is 12.6. The maximum absolute atomic E-state index is 13.1. The Hall–Kier alpha value is -2.47. The summed E-state index contributed by atoms with van der Waals surface area (Å²) in [5.41, 5.74) is 2.94. The van der Waals surface area contributed by atoms with Crippen molar-refractivity contribution < 1.29 is 9.18 Å². The van der Waals surface area contributed by atoms with Crippen LogP contribution in [0.5, 0.6) is 0 Å². The Morgan fingerprint density at radius 3 is 2.29 bits per heavy atom. The highest BCUT2D eigenvalue weighted by Crippen LogP contribution is 2.37. The lowest BCUT2D eigenvalue weighted by molar-refractivity contribution is 0.102. The predicted octanol–water partition coefficient (Wildman–Crippen LogP) is 6.47. The molecule has 31 heavy (non-hydrogen) atoms. The van der Waals surface area contributed by atoms with Gasteiger partial charge >= 0.3 is 0 Å². The fraction of sp³-hybridized carbons (Fsp3) is 0.400. The summed E-state index contributed by atoms with van der Waals surface area (Å²) in [6.45, 7) is 6.61. The first-order valence-electron chi connectivity index (χ1n) is 10.8. The van der Waals surface area contributed by atoms with E-state index in [1.165, 1.54) is 54.4 Å². The first-order chi connectivity index (χ1) is 14.8. The first kappa shape index (κ1) is 21.8. The van der Waals surface area contributed by atoms with Crippen molar-refractivity contribution in [3.05, 3.63) is 65.5 Å². The SMILES string of the molecule is CC(C)(C)c1ccc(-c2nnc(SCC(=O)c3ccc(F)cc3)n2C2CCCC2)cc1. The third-order valence-electron chi connectivity index (χ3n) is 5.86. The highest BCUT2D eigenvalue weighted by atomic mass is 32.2. The van der Waals surface area contributed by atoms with E-state index in [0.717, 1.165) is 29.4 Å². The number of ketones is 1. The Kier molecular flexibility index (Phi) is 6.28. The molecule has 0 amide bonds. The Morgan fingerprint density at radius 2 is 1.68 bits per heavy atom. The summed E-state index contributed by atoms with van der Waals surface area (Å²) < 4.78 is 15.4. The van der Waals surface area contributed by atoms with Gasteiger partial charge in [0, 0.05) is 17.2 Å². The van der Waals surface area contributed by atoms with E-state index in [0.29, 0.717) is 11.6 Å². The van der Waals surface area contributed by atoms with E-state index >= 15 is 0 Å². The van der Waals surface area contributed by atoms with Gasteiger partial charge < -0.3 is 0 Å². The average molecular weight is 438 g/mol. The molecule has 0 saturated heterocycles. The highest BCUT2D eigenvalue weighted by molar-refractivity contribution is 7.99. The van der Waals surface area contributed by atoms with Crippen molar-refractivity contribution in [1.82, 2.24) is 14.8 Å². The number of Topliss-reactive ketones (excluding diaryl/α,β-unsaturated/α-hetero) is 1. The molecule has 0 unspecified atom stereocenters. The van der Waals surface area contributed by atoms with Gasteiger partial charge in [-0.1, -0.05) is 69.6 Å². The summed E-state index contributed by atoms with van der Waals surface area (Å²) in [6, 6.07) is 14.6. The molecule has 1 saturated carbocycles. The smallest absolute Gasteiger partial charge is 0.192 e. The largest absolute Gasteiger partial charge is 0.299 e. The molecule has 1 aromatic heterocycles. The molecule has 0 radical (unpaired) electrons. The zero-order valence-electron chi connectivity index (χ0n) is 18.3. The van der Waals surface area contributed by atoms with Gasteiger partial charge in [0.1, 0.15) is 5.82 Å². The molecule has 6 heteroatoms. The van der Waals surface area contributed by atoms with E-state index in [-0.39, 0.29) is 22.8 Å². The van der Waals surface area contributed by atoms with Crippen LogP contribution >= 0.6 is 11.8 Å². The van der Waals surface area contributed by atoms with E-state index in [1.807, 2.05) is 0 Å². The topological polar surface area (TPSA) is 47.8 Å². The second-order valence-corrected chi connectivity index (χ2v) is 10.1. The van der Waals surface area contributed by atoms with Crippen LogP contribution in [0.1, 0.15) is 68.4 Å². The zero-order valence-corrected chi connectivity index (χ0v) is 19.1. The molecule has 3 aromatic rings. The number of carbonyl (C=O) groups is 1. The van der Waals surface area contributed by atoms with Crippen molar-refractivity contribution in [2.45, 2.75) is 63.1 Å². The number of carbonyl (C=O) groups excluding carboxylic acids is 1. The zero-order chi connectivity index (χ0) is 22.0. The van der Waals surface area contributed by atoms with Crippen LogP contribution in [-0.4, -0.2) is 26.3 Å². The van der Waals surface area contributed by atoms with Gasteiger partial charge in [-0.25, -0.2) is 4.39 Å². The summed E-state index contributed by atoms with van der Waals surface area (Å²) in [5, 5.41) is 9.74. The molecule has 1 heterocycles.